The molecule has 1 aliphatic heterocycles. The monoisotopic (exact) mass is 343 g/mol. The Morgan fingerprint density at radius 3 is 2.80 bits per heavy atom. The van der Waals surface area contributed by atoms with Crippen LogP contribution in [0.2, 0.25) is 0 Å². The molecule has 2 rings (SSSR count). The van der Waals surface area contributed by atoms with Crippen molar-refractivity contribution in [2.75, 3.05) is 19.8 Å². The van der Waals surface area contributed by atoms with Crippen LogP contribution in [-0.2, 0) is 9.57 Å². The van der Waals surface area contributed by atoms with Gasteiger partial charge in [0.25, 0.3) is 5.91 Å². The molecule has 0 radical (unpaired) electrons. The summed E-state index contributed by atoms with van der Waals surface area (Å²) in [6.45, 7) is 1.73. The molecule has 1 aliphatic rings. The Kier molecular flexibility index (Phi) is 5.11. The smallest absolute Gasteiger partial charge is 0.335 e. The van der Waals surface area contributed by atoms with Gasteiger partial charge in [-0.15, -0.1) is 0 Å². The molecule has 1 atom stereocenters. The van der Waals surface area contributed by atoms with Crippen LogP contribution >= 0.6 is 15.9 Å². The number of carbonyl (C=O) groups is 2. The quantitative estimate of drug-likeness (QED) is 0.797. The number of hydroxylamine groups is 1. The van der Waals surface area contributed by atoms with Crippen molar-refractivity contribution in [3.8, 4) is 0 Å². The normalized spacial score (nSPS) is 17.9. The van der Waals surface area contributed by atoms with Crippen LogP contribution in [0.5, 0.6) is 0 Å². The van der Waals surface area contributed by atoms with Crippen LogP contribution in [0.4, 0.5) is 0 Å². The van der Waals surface area contributed by atoms with Gasteiger partial charge in [-0.3, -0.25) is 9.63 Å². The van der Waals surface area contributed by atoms with Crippen LogP contribution in [0.1, 0.15) is 27.1 Å². The Morgan fingerprint density at radius 1 is 1.40 bits per heavy atom. The van der Waals surface area contributed by atoms with Gasteiger partial charge in [0.15, 0.2) is 0 Å². The zero-order valence-electron chi connectivity index (χ0n) is 10.6. The fourth-order valence-corrected chi connectivity index (χ4v) is 2.34. The number of carbonyl (C=O) groups excluding carboxylic acids is 1. The molecular weight excluding hydrogens is 330 g/mol. The number of halogens is 1. The molecule has 1 fully saturated rings. The fraction of sp³-hybridized carbons (Fsp3) is 0.385. The molecule has 6 nitrogen and oxygen atoms in total. The highest BCUT2D eigenvalue weighted by Gasteiger charge is 2.17. The summed E-state index contributed by atoms with van der Waals surface area (Å²) in [6.07, 6.45) is 0.913. The number of amides is 1. The number of aromatic carboxylic acids is 1. The van der Waals surface area contributed by atoms with Crippen LogP contribution in [-0.4, -0.2) is 36.8 Å². The number of nitrogens with one attached hydrogen (secondary N) is 1. The van der Waals surface area contributed by atoms with Crippen LogP contribution in [0.15, 0.2) is 22.7 Å². The minimum Gasteiger partial charge on any atom is -0.478 e. The second-order valence-corrected chi connectivity index (χ2v) is 5.42. The molecule has 1 aromatic rings. The predicted molar refractivity (Wildman–Crippen MR) is 73.4 cm³/mol. The van der Waals surface area contributed by atoms with E-state index in [4.69, 9.17) is 14.7 Å². The first-order valence-electron chi connectivity index (χ1n) is 6.10. The maximum atomic E-state index is 11.9. The lowest BCUT2D eigenvalue weighted by Gasteiger charge is -2.10. The molecular formula is C13H14BrNO5. The number of benzene rings is 1. The summed E-state index contributed by atoms with van der Waals surface area (Å²) in [5.74, 6) is -1.29. The number of hydrogen-bond donors (Lipinski definition) is 2. The highest BCUT2D eigenvalue weighted by atomic mass is 79.9. The van der Waals surface area contributed by atoms with Crippen molar-refractivity contribution in [3.63, 3.8) is 0 Å². The summed E-state index contributed by atoms with van der Waals surface area (Å²) in [5.41, 5.74) is 2.57. The Hall–Kier alpha value is -1.44. The van der Waals surface area contributed by atoms with E-state index in [2.05, 4.69) is 21.4 Å². The molecule has 1 amide bonds. The lowest BCUT2D eigenvalue weighted by atomic mass is 10.1. The van der Waals surface area contributed by atoms with Gasteiger partial charge in [0, 0.05) is 22.6 Å². The zero-order valence-corrected chi connectivity index (χ0v) is 12.2. The molecule has 20 heavy (non-hydrogen) atoms. The van der Waals surface area contributed by atoms with E-state index in [1.54, 1.807) is 0 Å². The van der Waals surface area contributed by atoms with Crippen molar-refractivity contribution in [2.45, 2.75) is 6.42 Å². The first-order chi connectivity index (χ1) is 9.56. The third-order valence-corrected chi connectivity index (χ3v) is 3.37. The van der Waals surface area contributed by atoms with Crippen molar-refractivity contribution in [1.29, 1.82) is 0 Å². The first-order valence-corrected chi connectivity index (χ1v) is 6.89. The molecule has 2 N–H and O–H groups in total. The van der Waals surface area contributed by atoms with E-state index in [1.807, 2.05) is 0 Å². The minimum absolute atomic E-state index is 0.0358. The SMILES string of the molecule is O=C(O)c1cc(Br)cc(C(=O)NOCC2CCOC2)c1. The molecule has 1 aromatic carbocycles. The summed E-state index contributed by atoms with van der Waals surface area (Å²) in [6, 6.07) is 4.25. The highest BCUT2D eigenvalue weighted by Crippen LogP contribution is 2.16. The van der Waals surface area contributed by atoms with Gasteiger partial charge >= 0.3 is 5.97 Å². The Morgan fingerprint density at radius 2 is 2.15 bits per heavy atom. The van der Waals surface area contributed by atoms with Gasteiger partial charge in [0.2, 0.25) is 0 Å². The van der Waals surface area contributed by atoms with Gasteiger partial charge in [-0.1, -0.05) is 15.9 Å². The number of ether oxygens (including phenoxy) is 1. The molecule has 0 saturated carbocycles. The highest BCUT2D eigenvalue weighted by molar-refractivity contribution is 9.10. The van der Waals surface area contributed by atoms with E-state index in [1.165, 1.54) is 18.2 Å². The average Bonchev–Trinajstić information content (AvgIpc) is 2.91. The van der Waals surface area contributed by atoms with E-state index in [0.717, 1.165) is 13.0 Å². The Balaban J connectivity index is 1.92. The lowest BCUT2D eigenvalue weighted by molar-refractivity contribution is 0.0145. The summed E-state index contributed by atoms with van der Waals surface area (Å²) in [4.78, 5) is 27.9. The maximum Gasteiger partial charge on any atom is 0.335 e. The predicted octanol–water partition coefficient (Wildman–Crippen LogP) is 1.85. The van der Waals surface area contributed by atoms with Crippen LogP contribution in [0.3, 0.4) is 0 Å². The summed E-state index contributed by atoms with van der Waals surface area (Å²) in [5, 5.41) is 8.94. The van der Waals surface area contributed by atoms with Crippen molar-refractivity contribution in [3.05, 3.63) is 33.8 Å². The van der Waals surface area contributed by atoms with Crippen molar-refractivity contribution in [1.82, 2.24) is 5.48 Å². The minimum atomic E-state index is -1.09. The van der Waals surface area contributed by atoms with E-state index >= 15 is 0 Å². The molecule has 0 bridgehead atoms. The fourth-order valence-electron chi connectivity index (χ4n) is 1.84. The van der Waals surface area contributed by atoms with Gasteiger partial charge < -0.3 is 9.84 Å². The maximum absolute atomic E-state index is 11.9. The summed E-state index contributed by atoms with van der Waals surface area (Å²) < 4.78 is 5.71. The lowest BCUT2D eigenvalue weighted by Crippen LogP contribution is -2.27. The van der Waals surface area contributed by atoms with E-state index < -0.39 is 11.9 Å². The molecule has 1 unspecified atom stereocenters. The molecule has 108 valence electrons. The Labute approximate surface area is 124 Å². The second kappa shape index (κ2) is 6.83. The van der Waals surface area contributed by atoms with Crippen molar-refractivity contribution >= 4 is 27.8 Å². The zero-order chi connectivity index (χ0) is 14.5. The number of hydrogen-bond acceptors (Lipinski definition) is 4. The average molecular weight is 344 g/mol. The van der Waals surface area contributed by atoms with Gasteiger partial charge in [0.05, 0.1) is 18.8 Å². The molecule has 1 heterocycles. The van der Waals surface area contributed by atoms with E-state index in [-0.39, 0.29) is 17.0 Å². The Bertz CT molecular complexity index is 513. The summed E-state index contributed by atoms with van der Waals surface area (Å²) >= 11 is 3.17. The van der Waals surface area contributed by atoms with Crippen LogP contribution in [0, 0.1) is 5.92 Å². The number of carboxylic acid groups (broad SMARTS) is 1. The van der Waals surface area contributed by atoms with Gasteiger partial charge in [-0.05, 0) is 24.6 Å². The number of carboxylic acids is 1. The summed E-state index contributed by atoms with van der Waals surface area (Å²) in [7, 11) is 0. The van der Waals surface area contributed by atoms with Crippen LogP contribution in [0.25, 0.3) is 0 Å². The largest absolute Gasteiger partial charge is 0.478 e. The van der Waals surface area contributed by atoms with Gasteiger partial charge in [-0.25, -0.2) is 10.3 Å². The van der Waals surface area contributed by atoms with Crippen molar-refractivity contribution < 1.29 is 24.3 Å². The van der Waals surface area contributed by atoms with E-state index in [0.29, 0.717) is 17.7 Å². The second-order valence-electron chi connectivity index (χ2n) is 4.51. The molecule has 7 heteroatoms. The van der Waals surface area contributed by atoms with Gasteiger partial charge in [-0.2, -0.15) is 0 Å². The molecule has 0 aliphatic carbocycles. The first kappa shape index (κ1) is 15.0. The van der Waals surface area contributed by atoms with Crippen molar-refractivity contribution in [2.24, 2.45) is 5.92 Å². The van der Waals surface area contributed by atoms with E-state index in [9.17, 15) is 9.59 Å². The van der Waals surface area contributed by atoms with Gasteiger partial charge in [0.1, 0.15) is 0 Å². The molecule has 0 spiro atoms. The standard InChI is InChI=1S/C13H14BrNO5/c14-11-4-9(3-10(5-11)13(17)18)12(16)15-20-7-8-1-2-19-6-8/h3-5,8H,1-2,6-7H2,(H,15,16)(H,17,18). The third kappa shape index (κ3) is 4.03. The molecule has 0 aromatic heterocycles. The topological polar surface area (TPSA) is 84.9 Å². The number of rotatable bonds is 5. The third-order valence-electron chi connectivity index (χ3n) is 2.91. The van der Waals surface area contributed by atoms with Crippen LogP contribution < -0.4 is 5.48 Å². The molecule has 1 saturated heterocycles.